The molecule has 2 rings (SSSR count). The van der Waals surface area contributed by atoms with Crippen LogP contribution in [0.3, 0.4) is 0 Å². The Labute approximate surface area is 132 Å². The summed E-state index contributed by atoms with van der Waals surface area (Å²) in [5.74, 6) is -0.537. The number of alkyl halides is 2. The van der Waals surface area contributed by atoms with E-state index in [9.17, 15) is 13.6 Å². The number of ether oxygens (including phenoxy) is 2. The number of hydrogen-bond donors (Lipinski definition) is 0. The Bertz CT molecular complexity index is 528. The molecule has 122 valence electrons. The maximum atomic E-state index is 12.7. The monoisotopic (exact) mass is 333 g/mol. The molecule has 1 aliphatic heterocycles. The lowest BCUT2D eigenvalue weighted by Gasteiger charge is -2.24. The first-order valence-corrected chi connectivity index (χ1v) is 7.54. The van der Waals surface area contributed by atoms with Crippen molar-refractivity contribution in [2.24, 2.45) is 0 Å². The van der Waals surface area contributed by atoms with E-state index < -0.39 is 6.61 Å². The summed E-state index contributed by atoms with van der Waals surface area (Å²) in [6, 6.07) is 4.05. The Morgan fingerprint density at radius 1 is 1.55 bits per heavy atom. The molecule has 22 heavy (non-hydrogen) atoms. The van der Waals surface area contributed by atoms with Gasteiger partial charge in [-0.15, -0.1) is 0 Å². The zero-order valence-electron chi connectivity index (χ0n) is 12.2. The predicted octanol–water partition coefficient (Wildman–Crippen LogP) is 3.58. The minimum absolute atomic E-state index is 0.0459. The van der Waals surface area contributed by atoms with Crippen molar-refractivity contribution in [3.05, 3.63) is 28.8 Å². The number of nitrogens with zero attached hydrogens (tertiary/aromatic N) is 1. The van der Waals surface area contributed by atoms with Crippen molar-refractivity contribution < 1.29 is 23.0 Å². The Balaban J connectivity index is 2.25. The quantitative estimate of drug-likeness (QED) is 0.845. The van der Waals surface area contributed by atoms with Crippen LogP contribution in [0.4, 0.5) is 8.78 Å². The first-order valence-electron chi connectivity index (χ1n) is 7.16. The summed E-state index contributed by atoms with van der Waals surface area (Å²) in [6.07, 6.45) is 1.43. The van der Waals surface area contributed by atoms with Crippen molar-refractivity contribution in [2.45, 2.75) is 32.5 Å². The van der Waals surface area contributed by atoms with Crippen molar-refractivity contribution in [3.63, 3.8) is 0 Å². The second kappa shape index (κ2) is 7.74. The largest absolute Gasteiger partial charge is 0.434 e. The Morgan fingerprint density at radius 2 is 2.32 bits per heavy atom. The van der Waals surface area contributed by atoms with Gasteiger partial charge in [-0.1, -0.05) is 18.5 Å². The summed E-state index contributed by atoms with van der Waals surface area (Å²) in [6.45, 7) is 0.497. The average molecular weight is 334 g/mol. The van der Waals surface area contributed by atoms with Crippen molar-refractivity contribution in [2.75, 3.05) is 19.7 Å². The van der Waals surface area contributed by atoms with Gasteiger partial charge in [0.15, 0.2) is 0 Å². The van der Waals surface area contributed by atoms with Crippen LogP contribution in [-0.4, -0.2) is 43.2 Å². The van der Waals surface area contributed by atoms with E-state index in [1.165, 1.54) is 18.2 Å². The molecular weight excluding hydrogens is 316 g/mol. The topological polar surface area (TPSA) is 38.8 Å². The molecule has 0 N–H and O–H groups in total. The minimum atomic E-state index is -3.00. The van der Waals surface area contributed by atoms with Crippen LogP contribution in [0.25, 0.3) is 0 Å². The van der Waals surface area contributed by atoms with Gasteiger partial charge in [0.25, 0.3) is 5.91 Å². The second-order valence-corrected chi connectivity index (χ2v) is 5.46. The third-order valence-corrected chi connectivity index (χ3v) is 3.72. The van der Waals surface area contributed by atoms with Gasteiger partial charge in [0.05, 0.1) is 11.7 Å². The van der Waals surface area contributed by atoms with Gasteiger partial charge in [-0.25, -0.2) is 0 Å². The number of rotatable bonds is 4. The van der Waals surface area contributed by atoms with Crippen molar-refractivity contribution in [1.82, 2.24) is 4.90 Å². The van der Waals surface area contributed by atoms with Crippen molar-refractivity contribution >= 4 is 17.5 Å². The normalized spacial score (nSPS) is 19.1. The molecule has 0 spiro atoms. The highest BCUT2D eigenvalue weighted by Gasteiger charge is 2.25. The Kier molecular flexibility index (Phi) is 5.97. The van der Waals surface area contributed by atoms with Gasteiger partial charge in [-0.3, -0.25) is 4.79 Å². The van der Waals surface area contributed by atoms with E-state index in [1.807, 2.05) is 6.92 Å². The number of carbonyl (C=O) groups is 1. The van der Waals surface area contributed by atoms with E-state index in [-0.39, 0.29) is 23.3 Å². The molecule has 1 amide bonds. The molecule has 1 saturated heterocycles. The van der Waals surface area contributed by atoms with E-state index >= 15 is 0 Å². The molecule has 1 aromatic carbocycles. The fourth-order valence-electron chi connectivity index (χ4n) is 2.37. The maximum absolute atomic E-state index is 12.7. The summed E-state index contributed by atoms with van der Waals surface area (Å²) in [5.41, 5.74) is 0.0459. The number of carbonyl (C=O) groups excluding carboxylic acids is 1. The molecule has 1 fully saturated rings. The summed E-state index contributed by atoms with van der Waals surface area (Å²) in [5, 5.41) is 0.295. The van der Waals surface area contributed by atoms with E-state index in [0.29, 0.717) is 31.1 Å². The summed E-state index contributed by atoms with van der Waals surface area (Å²) in [4.78, 5) is 14.3. The van der Waals surface area contributed by atoms with Crippen LogP contribution in [0.15, 0.2) is 18.2 Å². The van der Waals surface area contributed by atoms with Crippen LogP contribution < -0.4 is 4.74 Å². The smallest absolute Gasteiger partial charge is 0.387 e. The number of benzene rings is 1. The van der Waals surface area contributed by atoms with Gasteiger partial charge in [-0.2, -0.15) is 8.78 Å². The van der Waals surface area contributed by atoms with Crippen LogP contribution in [0.2, 0.25) is 5.02 Å². The highest BCUT2D eigenvalue weighted by atomic mass is 35.5. The molecule has 7 heteroatoms. The lowest BCUT2D eigenvalue weighted by molar-refractivity contribution is -0.0503. The third-order valence-electron chi connectivity index (χ3n) is 3.48. The number of hydrogen-bond acceptors (Lipinski definition) is 3. The molecule has 1 aliphatic rings. The molecule has 1 atom stereocenters. The molecule has 0 radical (unpaired) electrons. The predicted molar refractivity (Wildman–Crippen MR) is 78.6 cm³/mol. The molecular formula is C15H18ClF2NO3. The molecule has 1 aromatic rings. The van der Waals surface area contributed by atoms with Crippen LogP contribution in [0.1, 0.15) is 30.1 Å². The lowest BCUT2D eigenvalue weighted by atomic mass is 10.1. The lowest BCUT2D eigenvalue weighted by Crippen LogP contribution is -2.37. The molecule has 4 nitrogen and oxygen atoms in total. The van der Waals surface area contributed by atoms with Crippen LogP contribution in [0, 0.1) is 0 Å². The highest BCUT2D eigenvalue weighted by Crippen LogP contribution is 2.26. The number of amides is 1. The van der Waals surface area contributed by atoms with E-state index in [4.69, 9.17) is 16.3 Å². The molecule has 1 unspecified atom stereocenters. The molecule has 0 aromatic heterocycles. The summed E-state index contributed by atoms with van der Waals surface area (Å²) >= 11 is 5.89. The maximum Gasteiger partial charge on any atom is 0.387 e. The fraction of sp³-hybridized carbons (Fsp3) is 0.533. The van der Waals surface area contributed by atoms with E-state index in [0.717, 1.165) is 6.42 Å². The van der Waals surface area contributed by atoms with Crippen LogP contribution >= 0.6 is 11.6 Å². The van der Waals surface area contributed by atoms with Crippen molar-refractivity contribution in [1.29, 1.82) is 0 Å². The summed E-state index contributed by atoms with van der Waals surface area (Å²) < 4.78 is 35.0. The van der Waals surface area contributed by atoms with E-state index in [2.05, 4.69) is 4.74 Å². The van der Waals surface area contributed by atoms with Gasteiger partial charge in [0.2, 0.25) is 0 Å². The minimum Gasteiger partial charge on any atom is -0.434 e. The van der Waals surface area contributed by atoms with Gasteiger partial charge in [0, 0.05) is 24.7 Å². The fourth-order valence-corrected chi connectivity index (χ4v) is 2.54. The Hall–Kier alpha value is -1.40. The van der Waals surface area contributed by atoms with Crippen LogP contribution in [-0.2, 0) is 4.74 Å². The first-order chi connectivity index (χ1) is 10.5. The Morgan fingerprint density at radius 3 is 3.00 bits per heavy atom. The third kappa shape index (κ3) is 4.30. The van der Waals surface area contributed by atoms with Crippen molar-refractivity contribution in [3.8, 4) is 5.75 Å². The van der Waals surface area contributed by atoms with E-state index in [1.54, 1.807) is 4.90 Å². The average Bonchev–Trinajstić information content (AvgIpc) is 2.73. The van der Waals surface area contributed by atoms with Gasteiger partial charge >= 0.3 is 6.61 Å². The SMILES string of the molecule is CCC1CN(C(=O)c2cc(Cl)ccc2OC(F)F)CCCO1. The van der Waals surface area contributed by atoms with Gasteiger partial charge in [0.1, 0.15) is 5.75 Å². The highest BCUT2D eigenvalue weighted by molar-refractivity contribution is 6.31. The molecule has 1 heterocycles. The summed E-state index contributed by atoms with van der Waals surface area (Å²) in [7, 11) is 0. The van der Waals surface area contributed by atoms with Gasteiger partial charge < -0.3 is 14.4 Å². The molecule has 0 bridgehead atoms. The standard InChI is InChI=1S/C15H18ClF2NO3/c1-2-11-9-19(6-3-7-21-11)14(20)12-8-10(16)4-5-13(12)22-15(17)18/h4-5,8,11,15H,2-3,6-7,9H2,1H3. The first kappa shape index (κ1) is 17.0. The zero-order valence-corrected chi connectivity index (χ0v) is 13.0. The second-order valence-electron chi connectivity index (χ2n) is 5.02. The molecule has 0 saturated carbocycles. The van der Waals surface area contributed by atoms with Crippen LogP contribution in [0.5, 0.6) is 5.75 Å². The molecule has 0 aliphatic carbocycles. The zero-order chi connectivity index (χ0) is 16.1. The number of halogens is 3. The van der Waals surface area contributed by atoms with Gasteiger partial charge in [-0.05, 0) is 31.0 Å².